The van der Waals surface area contributed by atoms with Gasteiger partial charge >= 0.3 is 0 Å². The second-order valence-electron chi connectivity index (χ2n) is 6.42. The van der Waals surface area contributed by atoms with Gasteiger partial charge in [-0.15, -0.1) is 11.3 Å². The molecule has 0 aromatic carbocycles. The van der Waals surface area contributed by atoms with Crippen molar-refractivity contribution < 1.29 is 9.53 Å². The molecule has 1 amide bonds. The third kappa shape index (κ3) is 3.30. The fraction of sp³-hybridized carbons (Fsp3) is 0.688. The number of carbonyl (C=O) groups excluding carboxylic acids is 1. The summed E-state index contributed by atoms with van der Waals surface area (Å²) in [4.78, 5) is 17.6. The van der Waals surface area contributed by atoms with Gasteiger partial charge in [0.1, 0.15) is 6.10 Å². The monoisotopic (exact) mass is 308 g/mol. The van der Waals surface area contributed by atoms with Crippen molar-refractivity contribution >= 4 is 17.2 Å². The maximum atomic E-state index is 12.0. The number of rotatable bonds is 3. The molecule has 0 bridgehead atoms. The SMILES string of the molecule is CN(C)C(=O)C1CCC2(CCN(Cc3cccs3)CC2)O1. The highest BCUT2D eigenvalue weighted by atomic mass is 32.1. The van der Waals surface area contributed by atoms with Crippen LogP contribution in [0.5, 0.6) is 0 Å². The fourth-order valence-corrected chi connectivity index (χ4v) is 4.13. The third-order valence-electron chi connectivity index (χ3n) is 4.70. The van der Waals surface area contributed by atoms with Gasteiger partial charge in [-0.3, -0.25) is 9.69 Å². The van der Waals surface area contributed by atoms with Gasteiger partial charge in [-0.1, -0.05) is 6.07 Å². The van der Waals surface area contributed by atoms with E-state index in [4.69, 9.17) is 4.74 Å². The molecule has 2 aliphatic heterocycles. The Morgan fingerprint density at radius 1 is 1.43 bits per heavy atom. The van der Waals surface area contributed by atoms with E-state index in [2.05, 4.69) is 22.4 Å². The van der Waals surface area contributed by atoms with Gasteiger partial charge in [0.2, 0.25) is 0 Å². The smallest absolute Gasteiger partial charge is 0.251 e. The summed E-state index contributed by atoms with van der Waals surface area (Å²) in [6, 6.07) is 4.32. The first kappa shape index (κ1) is 15.0. The standard InChI is InChI=1S/C16H24N2O2S/c1-17(2)15(19)14-5-6-16(20-14)7-9-18(10-8-16)12-13-4-3-11-21-13/h3-4,11,14H,5-10,12H2,1-2H3. The summed E-state index contributed by atoms with van der Waals surface area (Å²) in [6.45, 7) is 3.19. The summed E-state index contributed by atoms with van der Waals surface area (Å²) in [7, 11) is 3.61. The quantitative estimate of drug-likeness (QED) is 0.859. The Balaban J connectivity index is 1.52. The molecule has 0 aliphatic carbocycles. The molecule has 1 spiro atoms. The molecule has 1 atom stereocenters. The zero-order chi connectivity index (χ0) is 14.9. The molecule has 2 saturated heterocycles. The lowest BCUT2D eigenvalue weighted by molar-refractivity contribution is -0.148. The normalized spacial score (nSPS) is 25.3. The molecule has 3 rings (SSSR count). The molecule has 116 valence electrons. The van der Waals surface area contributed by atoms with Crippen molar-refractivity contribution in [2.45, 2.75) is 43.9 Å². The van der Waals surface area contributed by atoms with E-state index in [0.717, 1.165) is 45.3 Å². The summed E-state index contributed by atoms with van der Waals surface area (Å²) in [5, 5.41) is 2.14. The Morgan fingerprint density at radius 2 is 2.19 bits per heavy atom. The lowest BCUT2D eigenvalue weighted by Crippen LogP contribution is -2.45. The summed E-state index contributed by atoms with van der Waals surface area (Å²) in [5.74, 6) is 0.118. The maximum absolute atomic E-state index is 12.0. The molecule has 5 heteroatoms. The Labute approximate surface area is 130 Å². The summed E-state index contributed by atoms with van der Waals surface area (Å²) in [5.41, 5.74) is -0.0394. The lowest BCUT2D eigenvalue weighted by atomic mass is 9.88. The minimum atomic E-state index is -0.219. The van der Waals surface area contributed by atoms with Crippen LogP contribution >= 0.6 is 11.3 Å². The van der Waals surface area contributed by atoms with E-state index in [0.29, 0.717) is 0 Å². The number of amides is 1. The molecule has 1 unspecified atom stereocenters. The van der Waals surface area contributed by atoms with Crippen LogP contribution in [0, 0.1) is 0 Å². The second kappa shape index (κ2) is 6.07. The van der Waals surface area contributed by atoms with Gasteiger partial charge in [-0.2, -0.15) is 0 Å². The molecule has 0 radical (unpaired) electrons. The molecule has 1 aromatic heterocycles. The number of hydrogen-bond donors (Lipinski definition) is 0. The largest absolute Gasteiger partial charge is 0.362 e. The molecule has 2 aliphatic rings. The first-order valence-corrected chi connectivity index (χ1v) is 8.60. The number of ether oxygens (including phenoxy) is 1. The minimum Gasteiger partial charge on any atom is -0.362 e. The van der Waals surface area contributed by atoms with E-state index in [1.807, 2.05) is 11.3 Å². The van der Waals surface area contributed by atoms with E-state index in [-0.39, 0.29) is 17.6 Å². The van der Waals surface area contributed by atoms with Crippen molar-refractivity contribution in [3.8, 4) is 0 Å². The van der Waals surface area contributed by atoms with Gasteiger partial charge in [0.05, 0.1) is 5.60 Å². The van der Waals surface area contributed by atoms with Gasteiger partial charge in [-0.05, 0) is 37.1 Å². The first-order valence-electron chi connectivity index (χ1n) is 7.72. The van der Waals surface area contributed by atoms with Crippen molar-refractivity contribution in [2.24, 2.45) is 0 Å². The van der Waals surface area contributed by atoms with Crippen molar-refractivity contribution in [1.82, 2.24) is 9.80 Å². The van der Waals surface area contributed by atoms with Crippen molar-refractivity contribution in [3.63, 3.8) is 0 Å². The van der Waals surface area contributed by atoms with Crippen LogP contribution in [0.15, 0.2) is 17.5 Å². The number of nitrogens with zero attached hydrogens (tertiary/aromatic N) is 2. The number of thiophene rings is 1. The van der Waals surface area contributed by atoms with Gasteiger partial charge in [0.25, 0.3) is 5.91 Å². The maximum Gasteiger partial charge on any atom is 0.251 e. The van der Waals surface area contributed by atoms with Crippen LogP contribution in [0.1, 0.15) is 30.6 Å². The predicted octanol–water partition coefficient (Wildman–Crippen LogP) is 2.35. The van der Waals surface area contributed by atoms with E-state index in [1.54, 1.807) is 19.0 Å². The van der Waals surface area contributed by atoms with E-state index in [1.165, 1.54) is 4.88 Å². The highest BCUT2D eigenvalue weighted by Crippen LogP contribution is 2.39. The van der Waals surface area contributed by atoms with E-state index < -0.39 is 0 Å². The van der Waals surface area contributed by atoms with E-state index in [9.17, 15) is 4.79 Å². The summed E-state index contributed by atoms with van der Waals surface area (Å²) < 4.78 is 6.18. The molecule has 21 heavy (non-hydrogen) atoms. The van der Waals surface area contributed by atoms with Crippen LogP contribution in [-0.2, 0) is 16.1 Å². The zero-order valence-corrected chi connectivity index (χ0v) is 13.7. The topological polar surface area (TPSA) is 32.8 Å². The van der Waals surface area contributed by atoms with Crippen LogP contribution in [0.2, 0.25) is 0 Å². The average Bonchev–Trinajstić information content (AvgIpc) is 3.11. The summed E-state index contributed by atoms with van der Waals surface area (Å²) in [6.07, 6.45) is 3.79. The Kier molecular flexibility index (Phi) is 4.33. The molecule has 0 saturated carbocycles. The number of likely N-dealkylation sites (N-methyl/N-ethyl adjacent to an activating group) is 1. The Morgan fingerprint density at radius 3 is 2.81 bits per heavy atom. The highest BCUT2D eigenvalue weighted by molar-refractivity contribution is 7.09. The van der Waals surface area contributed by atoms with Gasteiger partial charge < -0.3 is 9.64 Å². The Hall–Kier alpha value is -0.910. The predicted molar refractivity (Wildman–Crippen MR) is 84.4 cm³/mol. The fourth-order valence-electron chi connectivity index (χ4n) is 3.39. The van der Waals surface area contributed by atoms with Crippen LogP contribution in [0.4, 0.5) is 0 Å². The zero-order valence-electron chi connectivity index (χ0n) is 12.9. The molecule has 2 fully saturated rings. The van der Waals surface area contributed by atoms with Crippen molar-refractivity contribution in [3.05, 3.63) is 22.4 Å². The number of piperidine rings is 1. The van der Waals surface area contributed by atoms with Crippen molar-refractivity contribution in [1.29, 1.82) is 0 Å². The lowest BCUT2D eigenvalue weighted by Gasteiger charge is -2.39. The molecule has 1 aromatic rings. The number of carbonyl (C=O) groups is 1. The van der Waals surface area contributed by atoms with Gasteiger partial charge in [-0.25, -0.2) is 0 Å². The molecule has 3 heterocycles. The summed E-state index contributed by atoms with van der Waals surface area (Å²) >= 11 is 1.82. The highest BCUT2D eigenvalue weighted by Gasteiger charge is 2.44. The van der Waals surface area contributed by atoms with Crippen LogP contribution in [0.3, 0.4) is 0 Å². The number of hydrogen-bond acceptors (Lipinski definition) is 4. The van der Waals surface area contributed by atoms with E-state index >= 15 is 0 Å². The van der Waals surface area contributed by atoms with Gasteiger partial charge in [0.15, 0.2) is 0 Å². The van der Waals surface area contributed by atoms with Crippen LogP contribution in [-0.4, -0.2) is 54.6 Å². The van der Waals surface area contributed by atoms with Crippen LogP contribution in [0.25, 0.3) is 0 Å². The first-order chi connectivity index (χ1) is 10.1. The molecule has 4 nitrogen and oxygen atoms in total. The molecule has 0 N–H and O–H groups in total. The number of likely N-dealkylation sites (tertiary alicyclic amines) is 1. The van der Waals surface area contributed by atoms with Crippen LogP contribution < -0.4 is 0 Å². The third-order valence-corrected chi connectivity index (χ3v) is 5.56. The Bertz CT molecular complexity index is 478. The minimum absolute atomic E-state index is 0.0394. The average molecular weight is 308 g/mol. The molecular weight excluding hydrogens is 284 g/mol. The molecular formula is C16H24N2O2S. The van der Waals surface area contributed by atoms with Crippen molar-refractivity contribution in [2.75, 3.05) is 27.2 Å². The van der Waals surface area contributed by atoms with Gasteiger partial charge in [0, 0.05) is 38.6 Å². The second-order valence-corrected chi connectivity index (χ2v) is 7.45.